The van der Waals surface area contributed by atoms with Crippen molar-refractivity contribution < 1.29 is 8.78 Å². The molecule has 100 valence electrons. The van der Waals surface area contributed by atoms with E-state index in [9.17, 15) is 8.78 Å². The summed E-state index contributed by atoms with van der Waals surface area (Å²) in [4.78, 5) is 0. The van der Waals surface area contributed by atoms with E-state index in [0.29, 0.717) is 15.6 Å². The molecule has 2 rings (SSSR count). The van der Waals surface area contributed by atoms with Crippen LogP contribution in [-0.2, 0) is 0 Å². The summed E-state index contributed by atoms with van der Waals surface area (Å²) in [7, 11) is 0. The largest absolute Gasteiger partial charge is 0.320 e. The SMILES string of the molecule is Cc1cc(C(N)c2ccc(Br)c(Cl)c2F)ccc1F. The Hall–Kier alpha value is -0.970. The van der Waals surface area contributed by atoms with Gasteiger partial charge < -0.3 is 5.73 Å². The van der Waals surface area contributed by atoms with Crippen molar-refractivity contribution >= 4 is 27.5 Å². The van der Waals surface area contributed by atoms with Crippen molar-refractivity contribution in [3.05, 3.63) is 68.2 Å². The molecule has 0 radical (unpaired) electrons. The molecule has 2 N–H and O–H groups in total. The Morgan fingerprint density at radius 1 is 1.21 bits per heavy atom. The minimum Gasteiger partial charge on any atom is -0.320 e. The van der Waals surface area contributed by atoms with Crippen molar-refractivity contribution in [2.24, 2.45) is 5.73 Å². The molecule has 0 aliphatic rings. The van der Waals surface area contributed by atoms with Gasteiger partial charge in [0.1, 0.15) is 11.6 Å². The van der Waals surface area contributed by atoms with Gasteiger partial charge in [-0.2, -0.15) is 0 Å². The second kappa shape index (κ2) is 5.57. The maximum atomic E-state index is 14.1. The molecule has 0 bridgehead atoms. The van der Waals surface area contributed by atoms with Gasteiger partial charge in [-0.1, -0.05) is 29.8 Å². The van der Waals surface area contributed by atoms with Crippen LogP contribution < -0.4 is 5.73 Å². The van der Waals surface area contributed by atoms with E-state index in [0.717, 1.165) is 0 Å². The summed E-state index contributed by atoms with van der Waals surface area (Å²) in [6.45, 7) is 1.64. The molecule has 2 aromatic rings. The van der Waals surface area contributed by atoms with Gasteiger partial charge in [-0.05, 0) is 46.1 Å². The standard InChI is InChI=1S/C14H11BrClF2N/c1-7-6-8(2-5-11(7)17)14(19)9-3-4-10(15)12(16)13(9)18/h2-6,14H,19H2,1H3. The zero-order valence-corrected chi connectivity index (χ0v) is 12.4. The number of benzene rings is 2. The average molecular weight is 347 g/mol. The predicted octanol–water partition coefficient (Wildman–Crippen LogP) is 4.74. The van der Waals surface area contributed by atoms with Crippen LogP contribution in [0.4, 0.5) is 8.78 Å². The fraction of sp³-hybridized carbons (Fsp3) is 0.143. The van der Waals surface area contributed by atoms with Gasteiger partial charge in [0.15, 0.2) is 0 Å². The van der Waals surface area contributed by atoms with E-state index in [4.69, 9.17) is 17.3 Å². The molecule has 0 spiro atoms. The topological polar surface area (TPSA) is 26.0 Å². The highest BCUT2D eigenvalue weighted by atomic mass is 79.9. The Bertz CT molecular complexity index is 631. The van der Waals surface area contributed by atoms with Gasteiger partial charge in [0, 0.05) is 10.0 Å². The monoisotopic (exact) mass is 345 g/mol. The maximum Gasteiger partial charge on any atom is 0.148 e. The van der Waals surface area contributed by atoms with Crippen LogP contribution in [0.5, 0.6) is 0 Å². The molecule has 0 amide bonds. The van der Waals surface area contributed by atoms with E-state index < -0.39 is 11.9 Å². The number of nitrogens with two attached hydrogens (primary N) is 1. The van der Waals surface area contributed by atoms with Gasteiger partial charge in [-0.15, -0.1) is 0 Å². The van der Waals surface area contributed by atoms with Gasteiger partial charge in [-0.3, -0.25) is 0 Å². The summed E-state index contributed by atoms with van der Waals surface area (Å²) in [5.74, 6) is -0.879. The summed E-state index contributed by atoms with van der Waals surface area (Å²) in [6.07, 6.45) is 0. The first-order valence-electron chi connectivity index (χ1n) is 5.57. The lowest BCUT2D eigenvalue weighted by atomic mass is 9.97. The third-order valence-electron chi connectivity index (χ3n) is 2.94. The maximum absolute atomic E-state index is 14.1. The highest BCUT2D eigenvalue weighted by Crippen LogP contribution is 2.32. The minimum absolute atomic E-state index is 0.00761. The van der Waals surface area contributed by atoms with E-state index in [2.05, 4.69) is 15.9 Å². The molecular weight excluding hydrogens is 336 g/mol. The molecule has 0 aliphatic heterocycles. The van der Waals surface area contributed by atoms with Crippen LogP contribution in [0, 0.1) is 18.6 Å². The zero-order valence-electron chi connectivity index (χ0n) is 10.1. The van der Waals surface area contributed by atoms with Gasteiger partial charge in [-0.25, -0.2) is 8.78 Å². The summed E-state index contributed by atoms with van der Waals surface area (Å²) >= 11 is 8.98. The van der Waals surface area contributed by atoms with Gasteiger partial charge in [0.25, 0.3) is 0 Å². The summed E-state index contributed by atoms with van der Waals surface area (Å²) in [6, 6.07) is 6.98. The van der Waals surface area contributed by atoms with E-state index in [1.165, 1.54) is 6.07 Å². The fourth-order valence-corrected chi connectivity index (χ4v) is 2.30. The predicted molar refractivity (Wildman–Crippen MR) is 76.3 cm³/mol. The van der Waals surface area contributed by atoms with Gasteiger partial charge in [0.05, 0.1) is 11.1 Å². The lowest BCUT2D eigenvalue weighted by Gasteiger charge is -2.15. The van der Waals surface area contributed by atoms with Crippen molar-refractivity contribution in [2.75, 3.05) is 0 Å². The molecule has 0 aromatic heterocycles. The molecule has 0 aliphatic carbocycles. The molecule has 2 aromatic carbocycles. The lowest BCUT2D eigenvalue weighted by molar-refractivity contribution is 0.597. The highest BCUT2D eigenvalue weighted by Gasteiger charge is 2.18. The van der Waals surface area contributed by atoms with Crippen LogP contribution in [0.25, 0.3) is 0 Å². The molecule has 0 fully saturated rings. The fourth-order valence-electron chi connectivity index (χ4n) is 1.82. The third kappa shape index (κ3) is 2.81. The summed E-state index contributed by atoms with van der Waals surface area (Å²) < 4.78 is 27.8. The second-order valence-corrected chi connectivity index (χ2v) is 5.48. The molecule has 0 saturated heterocycles. The molecule has 0 heterocycles. The first-order valence-corrected chi connectivity index (χ1v) is 6.74. The lowest BCUT2D eigenvalue weighted by Crippen LogP contribution is -2.14. The van der Waals surface area contributed by atoms with Crippen LogP contribution >= 0.6 is 27.5 Å². The van der Waals surface area contributed by atoms with E-state index in [1.54, 1.807) is 31.2 Å². The van der Waals surface area contributed by atoms with Crippen molar-refractivity contribution in [1.82, 2.24) is 0 Å². The molecule has 1 atom stereocenters. The Kier molecular flexibility index (Phi) is 4.23. The van der Waals surface area contributed by atoms with Gasteiger partial charge >= 0.3 is 0 Å². The van der Waals surface area contributed by atoms with Crippen LogP contribution in [-0.4, -0.2) is 0 Å². The summed E-state index contributed by atoms with van der Waals surface area (Å²) in [5.41, 5.74) is 7.40. The average Bonchev–Trinajstić information content (AvgIpc) is 2.39. The smallest absolute Gasteiger partial charge is 0.148 e. The van der Waals surface area contributed by atoms with Crippen LogP contribution in [0.15, 0.2) is 34.8 Å². The molecule has 19 heavy (non-hydrogen) atoms. The number of hydrogen-bond acceptors (Lipinski definition) is 1. The number of aryl methyl sites for hydroxylation is 1. The number of hydrogen-bond donors (Lipinski definition) is 1. The highest BCUT2D eigenvalue weighted by molar-refractivity contribution is 9.10. The van der Waals surface area contributed by atoms with E-state index in [-0.39, 0.29) is 16.4 Å². The zero-order chi connectivity index (χ0) is 14.2. The Balaban J connectivity index is 2.47. The second-order valence-electron chi connectivity index (χ2n) is 4.25. The third-order valence-corrected chi connectivity index (χ3v) is 4.20. The van der Waals surface area contributed by atoms with Crippen molar-refractivity contribution in [3.63, 3.8) is 0 Å². The van der Waals surface area contributed by atoms with Crippen molar-refractivity contribution in [3.8, 4) is 0 Å². The normalized spacial score (nSPS) is 12.5. The summed E-state index contributed by atoms with van der Waals surface area (Å²) in [5, 5.41) is -0.00761. The van der Waals surface area contributed by atoms with Gasteiger partial charge in [0.2, 0.25) is 0 Å². The molecule has 0 saturated carbocycles. The van der Waals surface area contributed by atoms with Crippen LogP contribution in [0.2, 0.25) is 5.02 Å². The molecular formula is C14H11BrClF2N. The minimum atomic E-state index is -0.690. The molecule has 5 heteroatoms. The number of rotatable bonds is 2. The Morgan fingerprint density at radius 3 is 2.53 bits per heavy atom. The Labute approximate surface area is 123 Å². The quantitative estimate of drug-likeness (QED) is 0.781. The van der Waals surface area contributed by atoms with E-state index in [1.807, 2.05) is 0 Å². The number of halogens is 4. The van der Waals surface area contributed by atoms with Crippen LogP contribution in [0.3, 0.4) is 0 Å². The first-order chi connectivity index (χ1) is 8.91. The molecule has 1 nitrogen and oxygen atoms in total. The van der Waals surface area contributed by atoms with Crippen molar-refractivity contribution in [2.45, 2.75) is 13.0 Å². The molecule has 1 unspecified atom stereocenters. The Morgan fingerprint density at radius 2 is 1.89 bits per heavy atom. The van der Waals surface area contributed by atoms with Crippen molar-refractivity contribution in [1.29, 1.82) is 0 Å². The van der Waals surface area contributed by atoms with Crippen LogP contribution in [0.1, 0.15) is 22.7 Å². The van der Waals surface area contributed by atoms with E-state index >= 15 is 0 Å². The first kappa shape index (κ1) is 14.4.